The van der Waals surface area contributed by atoms with E-state index in [0.29, 0.717) is 22.7 Å². The number of nitrogens with zero attached hydrogens (tertiary/aromatic N) is 1. The van der Waals surface area contributed by atoms with Crippen LogP contribution < -0.4 is 10.6 Å². The van der Waals surface area contributed by atoms with Crippen LogP contribution in [0, 0.1) is 11.6 Å². The topological polar surface area (TPSA) is 84.2 Å². The second-order valence-electron chi connectivity index (χ2n) is 5.75. The van der Waals surface area contributed by atoms with E-state index in [0.717, 1.165) is 17.0 Å². The largest absolute Gasteiger partial charge is 0.472 e. The van der Waals surface area contributed by atoms with E-state index in [-0.39, 0.29) is 0 Å². The zero-order valence-electron chi connectivity index (χ0n) is 14.2. The van der Waals surface area contributed by atoms with Crippen LogP contribution in [-0.4, -0.2) is 22.8 Å². The highest BCUT2D eigenvalue weighted by atomic mass is 32.1. The Hall–Kier alpha value is -3.07. The molecule has 3 rings (SSSR count). The van der Waals surface area contributed by atoms with Crippen LogP contribution in [0.25, 0.3) is 0 Å². The molecule has 1 unspecified atom stereocenters. The first-order valence-corrected chi connectivity index (χ1v) is 8.76. The minimum Gasteiger partial charge on any atom is -0.472 e. The summed E-state index contributed by atoms with van der Waals surface area (Å²) in [7, 11) is 0. The van der Waals surface area contributed by atoms with Gasteiger partial charge in [-0.3, -0.25) is 9.59 Å². The summed E-state index contributed by atoms with van der Waals surface area (Å²) in [5.74, 6) is -2.67. The highest BCUT2D eigenvalue weighted by molar-refractivity contribution is 7.15. The minimum atomic E-state index is -0.910. The number of carbonyl (C=O) groups is 2. The molecule has 0 radical (unpaired) electrons. The van der Waals surface area contributed by atoms with E-state index in [1.165, 1.54) is 36.0 Å². The number of aromatic nitrogens is 1. The molecule has 0 aliphatic heterocycles. The number of hydrogen-bond donors (Lipinski definition) is 2. The third-order valence-corrected chi connectivity index (χ3v) is 4.58. The first-order valence-electron chi connectivity index (χ1n) is 7.95. The van der Waals surface area contributed by atoms with Crippen LogP contribution >= 0.6 is 11.3 Å². The molecule has 2 aromatic heterocycles. The molecule has 0 saturated carbocycles. The molecule has 0 saturated heterocycles. The van der Waals surface area contributed by atoms with Gasteiger partial charge in [-0.1, -0.05) is 6.07 Å². The third kappa shape index (κ3) is 4.76. The van der Waals surface area contributed by atoms with Crippen molar-refractivity contribution in [2.24, 2.45) is 0 Å². The molecule has 0 fully saturated rings. The van der Waals surface area contributed by atoms with Gasteiger partial charge in [-0.25, -0.2) is 13.8 Å². The van der Waals surface area contributed by atoms with Crippen molar-refractivity contribution in [1.29, 1.82) is 0 Å². The molecule has 140 valence electrons. The predicted molar refractivity (Wildman–Crippen MR) is 95.5 cm³/mol. The monoisotopic (exact) mass is 391 g/mol. The molecule has 6 nitrogen and oxygen atoms in total. The molecular formula is C18H15F2N3O3S. The van der Waals surface area contributed by atoms with Crippen molar-refractivity contribution in [2.75, 3.05) is 5.32 Å². The first-order chi connectivity index (χ1) is 12.9. The van der Waals surface area contributed by atoms with Crippen LogP contribution in [0.5, 0.6) is 0 Å². The number of thiazole rings is 1. The highest BCUT2D eigenvalue weighted by Gasteiger charge is 2.18. The fraction of sp³-hybridized carbons (Fsp3) is 0.167. The lowest BCUT2D eigenvalue weighted by atomic mass is 10.1. The average Bonchev–Trinajstić information content (AvgIpc) is 3.30. The summed E-state index contributed by atoms with van der Waals surface area (Å²) in [5.41, 5.74) is 0.911. The van der Waals surface area contributed by atoms with Crippen molar-refractivity contribution in [3.05, 3.63) is 70.6 Å². The Bertz CT molecular complexity index is 957. The third-order valence-electron chi connectivity index (χ3n) is 3.67. The van der Waals surface area contributed by atoms with Gasteiger partial charge >= 0.3 is 0 Å². The fourth-order valence-corrected chi connectivity index (χ4v) is 3.10. The van der Waals surface area contributed by atoms with Gasteiger partial charge < -0.3 is 15.1 Å². The van der Waals surface area contributed by atoms with Gasteiger partial charge in [-0.05, 0) is 30.7 Å². The van der Waals surface area contributed by atoms with E-state index in [4.69, 9.17) is 4.42 Å². The minimum absolute atomic E-state index is 0.317. The molecule has 0 spiro atoms. The molecule has 2 N–H and O–H groups in total. The van der Waals surface area contributed by atoms with E-state index < -0.39 is 29.5 Å². The summed E-state index contributed by atoms with van der Waals surface area (Å²) in [6, 6.07) is 4.39. The van der Waals surface area contributed by atoms with Crippen LogP contribution in [0.15, 0.2) is 47.4 Å². The van der Waals surface area contributed by atoms with Gasteiger partial charge in [0.25, 0.3) is 5.91 Å². The fourth-order valence-electron chi connectivity index (χ4n) is 2.25. The van der Waals surface area contributed by atoms with Gasteiger partial charge in [0.2, 0.25) is 5.91 Å². The Morgan fingerprint density at radius 1 is 1.26 bits per heavy atom. The second kappa shape index (κ2) is 8.09. The van der Waals surface area contributed by atoms with Crippen molar-refractivity contribution < 1.29 is 22.8 Å². The standard InChI is InChI=1S/C18H15F2N3O3S/c1-10(22-17(25)12-4-5-26-9-12)16(24)23-18-21-8-13(27-18)6-11-2-3-14(19)15(20)7-11/h2-5,7-10H,6H2,1H3,(H,22,25)(H,21,23,24). The number of halogens is 2. The quantitative estimate of drug-likeness (QED) is 0.675. The lowest BCUT2D eigenvalue weighted by Crippen LogP contribution is -2.41. The van der Waals surface area contributed by atoms with Gasteiger partial charge in [0.05, 0.1) is 11.8 Å². The zero-order valence-corrected chi connectivity index (χ0v) is 15.0. The Labute approximate surface area is 157 Å². The maximum Gasteiger partial charge on any atom is 0.255 e. The number of anilines is 1. The molecule has 2 heterocycles. The molecule has 1 atom stereocenters. The van der Waals surface area contributed by atoms with Crippen LogP contribution in [0.3, 0.4) is 0 Å². The van der Waals surface area contributed by atoms with Crippen molar-refractivity contribution in [3.63, 3.8) is 0 Å². The Morgan fingerprint density at radius 2 is 2.07 bits per heavy atom. The summed E-state index contributed by atoms with van der Waals surface area (Å²) in [5, 5.41) is 5.51. The van der Waals surface area contributed by atoms with E-state index in [9.17, 15) is 18.4 Å². The zero-order chi connectivity index (χ0) is 19.4. The maximum absolute atomic E-state index is 13.3. The van der Waals surface area contributed by atoms with E-state index >= 15 is 0 Å². The van der Waals surface area contributed by atoms with Crippen molar-refractivity contribution in [3.8, 4) is 0 Å². The first kappa shape index (κ1) is 18.7. The smallest absolute Gasteiger partial charge is 0.255 e. The SMILES string of the molecule is CC(NC(=O)c1ccoc1)C(=O)Nc1ncc(Cc2ccc(F)c(F)c2)s1. The second-order valence-corrected chi connectivity index (χ2v) is 6.87. The predicted octanol–water partition coefficient (Wildman–Crippen LogP) is 3.36. The number of amides is 2. The number of carbonyl (C=O) groups excluding carboxylic acids is 2. The molecule has 3 aromatic rings. The molecule has 0 aliphatic carbocycles. The van der Waals surface area contributed by atoms with Crippen LogP contribution in [0.1, 0.15) is 27.7 Å². The molecule has 0 aliphatic rings. The summed E-state index contributed by atoms with van der Waals surface area (Å²) in [6.45, 7) is 1.54. The van der Waals surface area contributed by atoms with E-state index in [2.05, 4.69) is 15.6 Å². The molecule has 2 amide bonds. The number of furan rings is 1. The Morgan fingerprint density at radius 3 is 2.78 bits per heavy atom. The van der Waals surface area contributed by atoms with E-state index in [1.807, 2.05) is 0 Å². The Kier molecular flexibility index (Phi) is 5.60. The molecule has 0 bridgehead atoms. The molecule has 1 aromatic carbocycles. The average molecular weight is 391 g/mol. The number of benzene rings is 1. The van der Waals surface area contributed by atoms with Gasteiger partial charge in [-0.15, -0.1) is 11.3 Å². The van der Waals surface area contributed by atoms with Crippen LogP contribution in [0.4, 0.5) is 13.9 Å². The maximum atomic E-state index is 13.3. The molecule has 27 heavy (non-hydrogen) atoms. The lowest BCUT2D eigenvalue weighted by Gasteiger charge is -2.12. The van der Waals surface area contributed by atoms with Crippen LogP contribution in [0.2, 0.25) is 0 Å². The van der Waals surface area contributed by atoms with Crippen molar-refractivity contribution in [1.82, 2.24) is 10.3 Å². The van der Waals surface area contributed by atoms with Gasteiger partial charge in [0.15, 0.2) is 16.8 Å². The van der Waals surface area contributed by atoms with Crippen molar-refractivity contribution in [2.45, 2.75) is 19.4 Å². The number of nitrogens with one attached hydrogen (secondary N) is 2. The van der Waals surface area contributed by atoms with Gasteiger partial charge in [-0.2, -0.15) is 0 Å². The van der Waals surface area contributed by atoms with Gasteiger partial charge in [0.1, 0.15) is 12.3 Å². The lowest BCUT2D eigenvalue weighted by molar-refractivity contribution is -0.117. The highest BCUT2D eigenvalue weighted by Crippen LogP contribution is 2.22. The summed E-state index contributed by atoms with van der Waals surface area (Å²) in [6.07, 6.45) is 4.56. The normalized spacial score (nSPS) is 11.8. The van der Waals surface area contributed by atoms with Crippen molar-refractivity contribution >= 4 is 28.3 Å². The number of hydrogen-bond acceptors (Lipinski definition) is 5. The summed E-state index contributed by atoms with van der Waals surface area (Å²) >= 11 is 1.21. The Balaban J connectivity index is 1.57. The van der Waals surface area contributed by atoms with E-state index in [1.54, 1.807) is 13.1 Å². The van der Waals surface area contributed by atoms with Crippen LogP contribution in [-0.2, 0) is 11.2 Å². The summed E-state index contributed by atoms with van der Waals surface area (Å²) < 4.78 is 31.1. The number of rotatable bonds is 6. The molecular weight excluding hydrogens is 376 g/mol. The summed E-state index contributed by atoms with van der Waals surface area (Å²) in [4.78, 5) is 29.0. The molecule has 9 heteroatoms. The van der Waals surface area contributed by atoms with Gasteiger partial charge in [0, 0.05) is 17.5 Å².